The lowest BCUT2D eigenvalue weighted by molar-refractivity contribution is 0.331. The number of benzene rings is 2. The van der Waals surface area contributed by atoms with Crippen LogP contribution in [0.15, 0.2) is 36.4 Å². The lowest BCUT2D eigenvalue weighted by atomic mass is 10.2. The highest BCUT2D eigenvalue weighted by atomic mass is 32.1. The Balaban J connectivity index is 1.71. The number of fused-ring (bicyclic) bond motifs is 1. The van der Waals surface area contributed by atoms with E-state index in [1.54, 1.807) is 30.6 Å². The fraction of sp³-hybridized carbons (Fsp3) is 0.316. The summed E-state index contributed by atoms with van der Waals surface area (Å²) in [5.74, 6) is 0.844. The van der Waals surface area contributed by atoms with Gasteiger partial charge in [-0.05, 0) is 55.8 Å². The van der Waals surface area contributed by atoms with Crippen LogP contribution in [0.5, 0.6) is 11.5 Å². The maximum atomic E-state index is 10.2. The van der Waals surface area contributed by atoms with Gasteiger partial charge in [-0.3, -0.25) is 4.90 Å². The molecule has 0 unspecified atom stereocenters. The van der Waals surface area contributed by atoms with Crippen LogP contribution in [0, 0.1) is 0 Å². The Hall–Kier alpha value is -2.11. The van der Waals surface area contributed by atoms with Crippen molar-refractivity contribution in [3.8, 4) is 22.1 Å². The number of hydrogen-bond donors (Lipinski definition) is 1. The molecule has 1 aliphatic rings. The van der Waals surface area contributed by atoms with Crippen molar-refractivity contribution >= 4 is 21.6 Å². The Labute approximate surface area is 145 Å². The first-order valence-electron chi connectivity index (χ1n) is 8.23. The Morgan fingerprint density at radius 1 is 1.21 bits per heavy atom. The molecule has 2 heterocycles. The molecule has 0 atom stereocenters. The molecule has 4 rings (SSSR count). The zero-order valence-corrected chi connectivity index (χ0v) is 14.5. The summed E-state index contributed by atoms with van der Waals surface area (Å²) >= 11 is 1.60. The highest BCUT2D eigenvalue weighted by Crippen LogP contribution is 2.41. The molecule has 24 heavy (non-hydrogen) atoms. The van der Waals surface area contributed by atoms with Gasteiger partial charge in [-0.1, -0.05) is 12.1 Å². The molecule has 2 aromatic carbocycles. The first-order valence-corrected chi connectivity index (χ1v) is 9.04. The van der Waals surface area contributed by atoms with E-state index in [9.17, 15) is 5.11 Å². The summed E-state index contributed by atoms with van der Waals surface area (Å²) in [6.07, 6.45) is 2.61. The number of methoxy groups -OCH3 is 1. The Morgan fingerprint density at radius 2 is 2.04 bits per heavy atom. The molecule has 3 aromatic rings. The third kappa shape index (κ3) is 2.85. The molecule has 1 N–H and O–H groups in total. The predicted octanol–water partition coefficient (Wildman–Crippen LogP) is 4.27. The van der Waals surface area contributed by atoms with Gasteiger partial charge in [0.25, 0.3) is 0 Å². The molecular formula is C19H20N2O2S. The minimum absolute atomic E-state index is 0.200. The predicted molar refractivity (Wildman–Crippen MR) is 97.8 cm³/mol. The van der Waals surface area contributed by atoms with E-state index >= 15 is 0 Å². The molecule has 124 valence electrons. The number of rotatable bonds is 4. The van der Waals surface area contributed by atoms with Gasteiger partial charge in [-0.2, -0.15) is 0 Å². The summed E-state index contributed by atoms with van der Waals surface area (Å²) in [6.45, 7) is 3.39. The van der Waals surface area contributed by atoms with Crippen LogP contribution in [0.4, 0.5) is 0 Å². The molecular weight excluding hydrogens is 320 g/mol. The topological polar surface area (TPSA) is 45.6 Å². The van der Waals surface area contributed by atoms with Crippen molar-refractivity contribution in [1.82, 2.24) is 9.88 Å². The smallest absolute Gasteiger partial charge is 0.132 e. The van der Waals surface area contributed by atoms with Crippen molar-refractivity contribution in [2.24, 2.45) is 0 Å². The van der Waals surface area contributed by atoms with E-state index in [2.05, 4.69) is 23.1 Å². The maximum absolute atomic E-state index is 10.2. The molecule has 0 spiro atoms. The third-order valence-electron chi connectivity index (χ3n) is 4.50. The lowest BCUT2D eigenvalue weighted by Crippen LogP contribution is -2.18. The zero-order valence-electron chi connectivity index (χ0n) is 13.7. The van der Waals surface area contributed by atoms with Gasteiger partial charge >= 0.3 is 0 Å². The average molecular weight is 340 g/mol. The average Bonchev–Trinajstić information content (AvgIpc) is 3.23. The molecule has 1 fully saturated rings. The van der Waals surface area contributed by atoms with Crippen LogP contribution in [-0.2, 0) is 6.54 Å². The van der Waals surface area contributed by atoms with E-state index in [1.807, 2.05) is 6.07 Å². The van der Waals surface area contributed by atoms with Crippen molar-refractivity contribution in [2.75, 3.05) is 20.2 Å². The fourth-order valence-corrected chi connectivity index (χ4v) is 4.37. The fourth-order valence-electron chi connectivity index (χ4n) is 3.28. The summed E-state index contributed by atoms with van der Waals surface area (Å²) in [5, 5.41) is 11.0. The maximum Gasteiger partial charge on any atom is 0.132 e. The van der Waals surface area contributed by atoms with Crippen LogP contribution in [0.1, 0.15) is 18.4 Å². The molecule has 1 saturated heterocycles. The quantitative estimate of drug-likeness (QED) is 0.770. The minimum Gasteiger partial charge on any atom is -0.507 e. The van der Waals surface area contributed by atoms with Crippen LogP contribution in [0.2, 0.25) is 0 Å². The van der Waals surface area contributed by atoms with Gasteiger partial charge in [0.2, 0.25) is 0 Å². The molecule has 0 bridgehead atoms. The number of phenols is 1. The van der Waals surface area contributed by atoms with Crippen molar-refractivity contribution in [3.63, 3.8) is 0 Å². The Morgan fingerprint density at radius 3 is 2.83 bits per heavy atom. The van der Waals surface area contributed by atoms with Crippen LogP contribution < -0.4 is 4.74 Å². The first kappa shape index (κ1) is 15.4. The molecule has 0 saturated carbocycles. The zero-order chi connectivity index (χ0) is 16.5. The molecule has 0 amide bonds. The van der Waals surface area contributed by atoms with Crippen LogP contribution in [0.3, 0.4) is 0 Å². The van der Waals surface area contributed by atoms with Gasteiger partial charge in [0.1, 0.15) is 16.5 Å². The first-order chi connectivity index (χ1) is 11.7. The van der Waals surface area contributed by atoms with E-state index in [-0.39, 0.29) is 5.75 Å². The van der Waals surface area contributed by atoms with E-state index in [0.717, 1.165) is 21.8 Å². The summed E-state index contributed by atoms with van der Waals surface area (Å²) in [5.41, 5.74) is 2.96. The number of aromatic hydroxyl groups is 1. The Kier molecular flexibility index (Phi) is 4.12. The van der Waals surface area contributed by atoms with Crippen LogP contribution in [0.25, 0.3) is 20.8 Å². The number of phenolic OH excluding ortho intramolecular Hbond substituents is 1. The molecule has 4 nitrogen and oxygen atoms in total. The lowest BCUT2D eigenvalue weighted by Gasteiger charge is -2.14. The molecule has 0 aliphatic carbocycles. The number of thiazole rings is 1. The third-order valence-corrected chi connectivity index (χ3v) is 5.53. The van der Waals surface area contributed by atoms with Crippen molar-refractivity contribution < 1.29 is 9.84 Å². The van der Waals surface area contributed by atoms with E-state index in [1.165, 1.54) is 31.5 Å². The Bertz CT molecular complexity index is 869. The number of likely N-dealkylation sites (tertiary alicyclic amines) is 1. The summed E-state index contributed by atoms with van der Waals surface area (Å²) in [4.78, 5) is 7.19. The normalized spacial score (nSPS) is 15.2. The van der Waals surface area contributed by atoms with Crippen molar-refractivity contribution in [3.05, 3.63) is 42.0 Å². The van der Waals surface area contributed by atoms with Gasteiger partial charge < -0.3 is 9.84 Å². The molecule has 5 heteroatoms. The van der Waals surface area contributed by atoms with Gasteiger partial charge in [0.05, 0.1) is 22.9 Å². The minimum atomic E-state index is 0.200. The highest BCUT2D eigenvalue weighted by Gasteiger charge is 2.16. The van der Waals surface area contributed by atoms with Gasteiger partial charge in [-0.15, -0.1) is 11.3 Å². The largest absolute Gasteiger partial charge is 0.507 e. The molecule has 0 radical (unpaired) electrons. The van der Waals surface area contributed by atoms with Crippen LogP contribution >= 0.6 is 11.3 Å². The summed E-state index contributed by atoms with van der Waals surface area (Å²) in [6, 6.07) is 11.8. The standard InChI is InChI=1S/C19H20N2O2S/c1-23-16-6-4-5-15(22)18(16)19-20-14-8-7-13(11-17(14)24-19)12-21-9-2-3-10-21/h4-8,11,22H,2-3,9-10,12H2,1H3. The van der Waals surface area contributed by atoms with Gasteiger partial charge in [0.15, 0.2) is 0 Å². The second-order valence-corrected chi connectivity index (χ2v) is 7.19. The molecule has 1 aromatic heterocycles. The number of nitrogens with zero attached hydrogens (tertiary/aromatic N) is 2. The monoisotopic (exact) mass is 340 g/mol. The number of hydrogen-bond acceptors (Lipinski definition) is 5. The summed E-state index contributed by atoms with van der Waals surface area (Å²) < 4.78 is 6.53. The second kappa shape index (κ2) is 6.42. The number of ether oxygens (including phenoxy) is 1. The SMILES string of the molecule is COc1cccc(O)c1-c1nc2ccc(CN3CCCC3)cc2s1. The van der Waals surface area contributed by atoms with Gasteiger partial charge in [-0.25, -0.2) is 4.98 Å². The van der Waals surface area contributed by atoms with Gasteiger partial charge in [0, 0.05) is 6.54 Å². The number of aromatic nitrogens is 1. The van der Waals surface area contributed by atoms with Crippen molar-refractivity contribution in [2.45, 2.75) is 19.4 Å². The van der Waals surface area contributed by atoms with E-state index in [0.29, 0.717) is 11.3 Å². The second-order valence-electron chi connectivity index (χ2n) is 6.16. The molecule has 1 aliphatic heterocycles. The van der Waals surface area contributed by atoms with Crippen molar-refractivity contribution in [1.29, 1.82) is 0 Å². The van der Waals surface area contributed by atoms with Crippen LogP contribution in [-0.4, -0.2) is 35.2 Å². The highest BCUT2D eigenvalue weighted by molar-refractivity contribution is 7.21. The van der Waals surface area contributed by atoms with E-state index in [4.69, 9.17) is 9.72 Å². The summed E-state index contributed by atoms with van der Waals surface area (Å²) in [7, 11) is 1.61. The van der Waals surface area contributed by atoms with E-state index < -0.39 is 0 Å².